The Balaban J connectivity index is 2.07. The van der Waals surface area contributed by atoms with Crippen LogP contribution in [0, 0.1) is 0 Å². The number of rotatable bonds is 4. The lowest BCUT2D eigenvalue weighted by Crippen LogP contribution is -2.42. The van der Waals surface area contributed by atoms with Crippen molar-refractivity contribution >= 4 is 0 Å². The second kappa shape index (κ2) is 5.63. The Hall–Kier alpha value is -0.900. The van der Waals surface area contributed by atoms with Crippen molar-refractivity contribution in [1.82, 2.24) is 4.90 Å². The van der Waals surface area contributed by atoms with Gasteiger partial charge in [-0.1, -0.05) is 30.3 Å². The van der Waals surface area contributed by atoms with Crippen LogP contribution < -0.4 is 0 Å². The zero-order valence-corrected chi connectivity index (χ0v) is 10.3. The van der Waals surface area contributed by atoms with Crippen LogP contribution in [0.2, 0.25) is 0 Å². The van der Waals surface area contributed by atoms with Crippen LogP contribution in [-0.4, -0.2) is 40.3 Å². The van der Waals surface area contributed by atoms with E-state index < -0.39 is 6.10 Å². The van der Waals surface area contributed by atoms with Gasteiger partial charge in [0.25, 0.3) is 0 Å². The Morgan fingerprint density at radius 3 is 2.71 bits per heavy atom. The highest BCUT2D eigenvalue weighted by molar-refractivity contribution is 5.18. The summed E-state index contributed by atoms with van der Waals surface area (Å²) in [5.41, 5.74) is 0.948. The van der Waals surface area contributed by atoms with Gasteiger partial charge in [-0.3, -0.25) is 4.90 Å². The summed E-state index contributed by atoms with van der Waals surface area (Å²) in [5, 5.41) is 19.7. The molecule has 1 saturated heterocycles. The molecule has 17 heavy (non-hydrogen) atoms. The minimum atomic E-state index is -0.483. The first-order chi connectivity index (χ1) is 8.24. The fraction of sp³-hybridized carbons (Fsp3) is 0.571. The summed E-state index contributed by atoms with van der Waals surface area (Å²) in [6, 6.07) is 10.0. The third kappa shape index (κ3) is 2.68. The van der Waals surface area contributed by atoms with Gasteiger partial charge < -0.3 is 10.2 Å². The molecular weight excluding hydrogens is 214 g/mol. The van der Waals surface area contributed by atoms with Gasteiger partial charge in [-0.2, -0.15) is 0 Å². The van der Waals surface area contributed by atoms with Gasteiger partial charge in [0.1, 0.15) is 0 Å². The van der Waals surface area contributed by atoms with Gasteiger partial charge in [0.05, 0.1) is 12.7 Å². The molecule has 1 fully saturated rings. The van der Waals surface area contributed by atoms with Crippen molar-refractivity contribution in [2.75, 3.05) is 13.2 Å². The number of aliphatic hydroxyl groups is 2. The van der Waals surface area contributed by atoms with E-state index in [1.54, 1.807) is 0 Å². The molecule has 0 aromatic heterocycles. The molecule has 0 amide bonds. The van der Waals surface area contributed by atoms with E-state index in [0.29, 0.717) is 0 Å². The molecular formula is C14H21NO2. The van der Waals surface area contributed by atoms with Crippen molar-refractivity contribution < 1.29 is 10.2 Å². The average Bonchev–Trinajstić information content (AvgIpc) is 2.86. The SMILES string of the molecule is CC(C(O)c1ccccc1)N1CCC[C@H]1CO. The Morgan fingerprint density at radius 1 is 1.35 bits per heavy atom. The molecule has 1 aromatic carbocycles. The number of aliphatic hydroxyl groups excluding tert-OH is 2. The van der Waals surface area contributed by atoms with Crippen LogP contribution >= 0.6 is 0 Å². The van der Waals surface area contributed by atoms with Gasteiger partial charge in [0.15, 0.2) is 0 Å². The van der Waals surface area contributed by atoms with Gasteiger partial charge >= 0.3 is 0 Å². The highest BCUT2D eigenvalue weighted by atomic mass is 16.3. The van der Waals surface area contributed by atoms with Crippen LogP contribution in [0.25, 0.3) is 0 Å². The third-order valence-corrected chi connectivity index (χ3v) is 3.75. The molecule has 2 N–H and O–H groups in total. The van der Waals surface area contributed by atoms with Crippen LogP contribution in [0.4, 0.5) is 0 Å². The minimum absolute atomic E-state index is 0.0528. The number of likely N-dealkylation sites (tertiary alicyclic amines) is 1. The van der Waals surface area contributed by atoms with Crippen LogP contribution in [0.5, 0.6) is 0 Å². The lowest BCUT2D eigenvalue weighted by atomic mass is 10.0. The molecule has 3 nitrogen and oxygen atoms in total. The molecule has 0 aliphatic carbocycles. The van der Waals surface area contributed by atoms with Crippen molar-refractivity contribution in [1.29, 1.82) is 0 Å². The van der Waals surface area contributed by atoms with Crippen molar-refractivity contribution in [3.8, 4) is 0 Å². The lowest BCUT2D eigenvalue weighted by molar-refractivity contribution is 0.0352. The van der Waals surface area contributed by atoms with Gasteiger partial charge in [-0.25, -0.2) is 0 Å². The van der Waals surface area contributed by atoms with Crippen LogP contribution in [0.1, 0.15) is 31.4 Å². The summed E-state index contributed by atoms with van der Waals surface area (Å²) in [7, 11) is 0. The van der Waals surface area contributed by atoms with Crippen molar-refractivity contribution in [3.05, 3.63) is 35.9 Å². The number of benzene rings is 1. The molecule has 3 heteroatoms. The zero-order chi connectivity index (χ0) is 12.3. The van der Waals surface area contributed by atoms with E-state index in [4.69, 9.17) is 0 Å². The predicted octanol–water partition coefficient (Wildman–Crippen LogP) is 1.57. The van der Waals surface area contributed by atoms with Crippen molar-refractivity contribution in [3.63, 3.8) is 0 Å². The predicted molar refractivity (Wildman–Crippen MR) is 67.7 cm³/mol. The van der Waals surface area contributed by atoms with E-state index in [0.717, 1.165) is 24.9 Å². The molecule has 0 radical (unpaired) electrons. The standard InChI is InChI=1S/C14H21NO2/c1-11(15-9-5-8-13(15)10-16)14(17)12-6-3-2-4-7-12/h2-4,6-7,11,13-14,16-17H,5,8-10H2,1H3/t11?,13-,14?/m0/s1. The van der Waals surface area contributed by atoms with E-state index in [2.05, 4.69) is 4.90 Å². The fourth-order valence-corrected chi connectivity index (χ4v) is 2.70. The topological polar surface area (TPSA) is 43.7 Å². The first-order valence-electron chi connectivity index (χ1n) is 6.33. The second-order valence-electron chi connectivity index (χ2n) is 4.81. The zero-order valence-electron chi connectivity index (χ0n) is 10.3. The summed E-state index contributed by atoms with van der Waals surface area (Å²) in [6.07, 6.45) is 1.66. The monoisotopic (exact) mass is 235 g/mol. The normalized spacial score (nSPS) is 24.8. The lowest BCUT2D eigenvalue weighted by Gasteiger charge is -2.33. The molecule has 0 saturated carbocycles. The quantitative estimate of drug-likeness (QED) is 0.832. The second-order valence-corrected chi connectivity index (χ2v) is 4.81. The smallest absolute Gasteiger partial charge is 0.0942 e. The maximum absolute atomic E-state index is 10.3. The fourth-order valence-electron chi connectivity index (χ4n) is 2.70. The molecule has 2 unspecified atom stereocenters. The summed E-state index contributed by atoms with van der Waals surface area (Å²) in [4.78, 5) is 2.22. The molecule has 1 heterocycles. The third-order valence-electron chi connectivity index (χ3n) is 3.75. The molecule has 1 aliphatic rings. The Bertz CT molecular complexity index is 341. The first kappa shape index (κ1) is 12.6. The van der Waals surface area contributed by atoms with Crippen LogP contribution in [-0.2, 0) is 0 Å². The molecule has 2 rings (SSSR count). The average molecular weight is 235 g/mol. The van der Waals surface area contributed by atoms with Gasteiger partial charge in [0.2, 0.25) is 0 Å². The molecule has 94 valence electrons. The Labute approximate surface area is 103 Å². The maximum atomic E-state index is 10.3. The largest absolute Gasteiger partial charge is 0.395 e. The highest BCUT2D eigenvalue weighted by Crippen LogP contribution is 2.27. The summed E-state index contributed by atoms with van der Waals surface area (Å²) in [6.45, 7) is 3.19. The first-order valence-corrected chi connectivity index (χ1v) is 6.33. The number of nitrogens with zero attached hydrogens (tertiary/aromatic N) is 1. The van der Waals surface area contributed by atoms with Crippen molar-refractivity contribution in [2.45, 2.75) is 38.0 Å². The Morgan fingerprint density at radius 2 is 2.06 bits per heavy atom. The van der Waals surface area contributed by atoms with Crippen LogP contribution in [0.3, 0.4) is 0 Å². The minimum Gasteiger partial charge on any atom is -0.395 e. The van der Waals surface area contributed by atoms with Crippen molar-refractivity contribution in [2.24, 2.45) is 0 Å². The summed E-state index contributed by atoms with van der Waals surface area (Å²) in [5.74, 6) is 0. The van der Waals surface area contributed by atoms with E-state index in [1.165, 1.54) is 0 Å². The van der Waals surface area contributed by atoms with Gasteiger partial charge in [0, 0.05) is 12.1 Å². The maximum Gasteiger partial charge on any atom is 0.0942 e. The molecule has 1 aliphatic heterocycles. The summed E-state index contributed by atoms with van der Waals surface area (Å²) < 4.78 is 0. The molecule has 0 spiro atoms. The van der Waals surface area contributed by atoms with E-state index >= 15 is 0 Å². The van der Waals surface area contributed by atoms with Gasteiger partial charge in [-0.15, -0.1) is 0 Å². The highest BCUT2D eigenvalue weighted by Gasteiger charge is 2.31. The molecule has 0 bridgehead atoms. The van der Waals surface area contributed by atoms with E-state index in [-0.39, 0.29) is 18.7 Å². The summed E-state index contributed by atoms with van der Waals surface area (Å²) >= 11 is 0. The number of hydrogen-bond donors (Lipinski definition) is 2. The van der Waals surface area contributed by atoms with E-state index in [9.17, 15) is 10.2 Å². The Kier molecular flexibility index (Phi) is 4.15. The van der Waals surface area contributed by atoms with Crippen LogP contribution in [0.15, 0.2) is 30.3 Å². The van der Waals surface area contributed by atoms with Gasteiger partial charge in [-0.05, 0) is 31.9 Å². The number of hydrogen-bond acceptors (Lipinski definition) is 3. The molecule has 3 atom stereocenters. The van der Waals surface area contributed by atoms with E-state index in [1.807, 2.05) is 37.3 Å². The molecule has 1 aromatic rings.